The van der Waals surface area contributed by atoms with Gasteiger partial charge in [-0.2, -0.15) is 0 Å². The summed E-state index contributed by atoms with van der Waals surface area (Å²) in [6, 6.07) is 13.0. The quantitative estimate of drug-likeness (QED) is 0.286. The fraction of sp³-hybridized carbons (Fsp3) is 0.500. The van der Waals surface area contributed by atoms with Gasteiger partial charge in [-0.15, -0.1) is 0 Å². The molecular weight excluding hydrogens is 544 g/mol. The molecule has 1 aliphatic rings. The van der Waals surface area contributed by atoms with Crippen molar-refractivity contribution in [3.8, 4) is 0 Å². The van der Waals surface area contributed by atoms with Crippen LogP contribution in [0, 0.1) is 12.8 Å². The number of benzene rings is 2. The van der Waals surface area contributed by atoms with Crippen molar-refractivity contribution in [2.24, 2.45) is 5.92 Å². The lowest BCUT2D eigenvalue weighted by molar-refractivity contribution is -0.122. The highest BCUT2D eigenvalue weighted by molar-refractivity contribution is 6.30. The third-order valence-electron chi connectivity index (χ3n) is 8.14. The van der Waals surface area contributed by atoms with Crippen LogP contribution < -0.4 is 5.32 Å². The maximum atomic E-state index is 14.1. The minimum atomic E-state index is -0.733. The Kier molecular flexibility index (Phi) is 11.2. The zero-order valence-electron chi connectivity index (χ0n) is 26.7. The van der Waals surface area contributed by atoms with Gasteiger partial charge in [-0.05, 0) is 112 Å². The van der Waals surface area contributed by atoms with Gasteiger partial charge in [0.15, 0.2) is 0 Å². The molecule has 2 aromatic carbocycles. The SMILES string of the molecule is CC/C(=C\C=C(/C)CCC(C)(C)O)[C@H]1C(C(=O)Nc2cccc(C(C)(C)C)c2)CCCN1C(=O)c1ccc(Cl)cc1C. The number of likely N-dealkylation sites (tertiary alicyclic amines) is 1. The first kappa shape index (κ1) is 33.6. The molecule has 42 heavy (non-hydrogen) atoms. The second-order valence-corrected chi connectivity index (χ2v) is 13.8. The van der Waals surface area contributed by atoms with E-state index in [2.05, 4.69) is 58.2 Å². The molecule has 0 radical (unpaired) electrons. The Morgan fingerprint density at radius 2 is 1.81 bits per heavy atom. The van der Waals surface area contributed by atoms with E-state index in [-0.39, 0.29) is 23.3 Å². The molecule has 3 rings (SSSR count). The van der Waals surface area contributed by atoms with E-state index in [4.69, 9.17) is 11.6 Å². The van der Waals surface area contributed by atoms with Gasteiger partial charge < -0.3 is 15.3 Å². The van der Waals surface area contributed by atoms with Gasteiger partial charge in [0.1, 0.15) is 0 Å². The molecule has 2 amide bonds. The highest BCUT2D eigenvalue weighted by Gasteiger charge is 2.40. The standard InChI is InChI=1S/C36H49ClN2O3/c1-9-26(16-15-24(2)19-20-36(7,8)42)32-31(33(40)38-29-13-10-12-27(23-29)35(4,5)6)14-11-21-39(32)34(41)30-18-17-28(37)22-25(30)3/h10,12-13,15-18,22-23,31-32,42H,9,11,14,19-21H2,1-8H3,(H,38,40)/b24-15+,26-16+/t31?,32-/m0/s1. The van der Waals surface area contributed by atoms with Crippen molar-refractivity contribution >= 4 is 29.1 Å². The summed E-state index contributed by atoms with van der Waals surface area (Å²) in [6.07, 6.45) is 7.73. The van der Waals surface area contributed by atoms with Crippen LogP contribution in [-0.4, -0.2) is 40.0 Å². The van der Waals surface area contributed by atoms with E-state index in [1.165, 1.54) is 0 Å². The number of halogens is 1. The molecule has 1 fully saturated rings. The van der Waals surface area contributed by atoms with E-state index in [1.807, 2.05) is 49.9 Å². The number of aryl methyl sites for hydroxylation is 1. The summed E-state index contributed by atoms with van der Waals surface area (Å²) < 4.78 is 0. The molecule has 2 atom stereocenters. The molecule has 2 N–H and O–H groups in total. The molecule has 6 heteroatoms. The van der Waals surface area contributed by atoms with Crippen molar-refractivity contribution in [1.29, 1.82) is 0 Å². The van der Waals surface area contributed by atoms with Gasteiger partial charge in [0.2, 0.25) is 5.91 Å². The van der Waals surface area contributed by atoms with Gasteiger partial charge >= 0.3 is 0 Å². The number of aliphatic hydroxyl groups is 1. The zero-order chi connectivity index (χ0) is 31.2. The molecule has 1 saturated heterocycles. The predicted molar refractivity (Wildman–Crippen MR) is 175 cm³/mol. The van der Waals surface area contributed by atoms with Crippen molar-refractivity contribution in [2.45, 2.75) is 105 Å². The number of hydrogen-bond donors (Lipinski definition) is 2. The van der Waals surface area contributed by atoms with Crippen LogP contribution in [0.5, 0.6) is 0 Å². The van der Waals surface area contributed by atoms with Crippen molar-refractivity contribution in [3.63, 3.8) is 0 Å². The smallest absolute Gasteiger partial charge is 0.254 e. The fourth-order valence-corrected chi connectivity index (χ4v) is 5.76. The molecule has 1 unspecified atom stereocenters. The Morgan fingerprint density at radius 1 is 1.10 bits per heavy atom. The molecule has 2 aromatic rings. The summed E-state index contributed by atoms with van der Waals surface area (Å²) in [5.41, 5.74) is 4.76. The van der Waals surface area contributed by atoms with Crippen LogP contribution in [0.25, 0.3) is 0 Å². The summed E-state index contributed by atoms with van der Waals surface area (Å²) in [5.74, 6) is -0.549. The number of rotatable bonds is 9. The first-order valence-corrected chi connectivity index (χ1v) is 15.6. The molecule has 1 aliphatic heterocycles. The number of hydrogen-bond acceptors (Lipinski definition) is 3. The molecule has 0 aliphatic carbocycles. The minimum Gasteiger partial charge on any atom is -0.390 e. The number of amides is 2. The third-order valence-corrected chi connectivity index (χ3v) is 8.38. The number of nitrogens with zero attached hydrogens (tertiary/aromatic N) is 1. The van der Waals surface area contributed by atoms with Crippen LogP contribution >= 0.6 is 11.6 Å². The molecule has 0 aromatic heterocycles. The number of allylic oxidation sites excluding steroid dienone is 3. The predicted octanol–water partition coefficient (Wildman–Crippen LogP) is 8.64. The van der Waals surface area contributed by atoms with Crippen LogP contribution in [0.15, 0.2) is 65.8 Å². The minimum absolute atomic E-state index is 0.0404. The first-order chi connectivity index (χ1) is 19.6. The van der Waals surface area contributed by atoms with E-state index in [9.17, 15) is 14.7 Å². The Hall–Kier alpha value is -2.89. The van der Waals surface area contributed by atoms with Crippen molar-refractivity contribution in [2.75, 3.05) is 11.9 Å². The second kappa shape index (κ2) is 14.1. The van der Waals surface area contributed by atoms with E-state index < -0.39 is 11.5 Å². The number of anilines is 1. The first-order valence-electron chi connectivity index (χ1n) is 15.2. The molecule has 1 heterocycles. The maximum Gasteiger partial charge on any atom is 0.254 e. The number of carbonyl (C=O) groups is 2. The Balaban J connectivity index is 2.01. The third kappa shape index (κ3) is 9.05. The fourth-order valence-electron chi connectivity index (χ4n) is 5.54. The zero-order valence-corrected chi connectivity index (χ0v) is 27.4. The largest absolute Gasteiger partial charge is 0.390 e. The van der Waals surface area contributed by atoms with E-state index in [0.717, 1.165) is 40.8 Å². The van der Waals surface area contributed by atoms with Crippen LogP contribution in [0.4, 0.5) is 5.69 Å². The average Bonchev–Trinajstić information content (AvgIpc) is 2.91. The van der Waals surface area contributed by atoms with Crippen LogP contribution in [-0.2, 0) is 10.2 Å². The molecular formula is C36H49ClN2O3. The number of piperidine rings is 1. The van der Waals surface area contributed by atoms with Gasteiger partial charge in [-0.25, -0.2) is 0 Å². The summed E-state index contributed by atoms with van der Waals surface area (Å²) >= 11 is 6.21. The second-order valence-electron chi connectivity index (χ2n) is 13.4. The molecule has 5 nitrogen and oxygen atoms in total. The monoisotopic (exact) mass is 592 g/mol. The molecule has 228 valence electrons. The van der Waals surface area contributed by atoms with Gasteiger partial charge in [0.05, 0.1) is 17.6 Å². The van der Waals surface area contributed by atoms with Crippen molar-refractivity contribution < 1.29 is 14.7 Å². The molecule has 0 spiro atoms. The number of carbonyl (C=O) groups excluding carboxylic acids is 2. The van der Waals surface area contributed by atoms with Crippen LogP contribution in [0.3, 0.4) is 0 Å². The van der Waals surface area contributed by atoms with Gasteiger partial charge in [0, 0.05) is 22.8 Å². The Bertz CT molecular complexity index is 1330. The van der Waals surface area contributed by atoms with E-state index in [1.54, 1.807) is 12.1 Å². The van der Waals surface area contributed by atoms with Crippen molar-refractivity contribution in [3.05, 3.63) is 87.5 Å². The number of nitrogens with one attached hydrogen (secondary N) is 1. The average molecular weight is 593 g/mol. The Labute approximate surface area is 258 Å². The summed E-state index contributed by atoms with van der Waals surface area (Å²) in [7, 11) is 0. The van der Waals surface area contributed by atoms with E-state index in [0.29, 0.717) is 36.4 Å². The molecule has 0 saturated carbocycles. The Morgan fingerprint density at radius 3 is 2.43 bits per heavy atom. The van der Waals surface area contributed by atoms with Gasteiger partial charge in [0.25, 0.3) is 5.91 Å². The summed E-state index contributed by atoms with van der Waals surface area (Å²) in [5, 5.41) is 14.0. The molecule has 0 bridgehead atoms. The van der Waals surface area contributed by atoms with Crippen LogP contribution in [0.2, 0.25) is 5.02 Å². The van der Waals surface area contributed by atoms with Gasteiger partial charge in [-0.1, -0.05) is 69.2 Å². The van der Waals surface area contributed by atoms with Crippen molar-refractivity contribution in [1.82, 2.24) is 4.90 Å². The summed E-state index contributed by atoms with van der Waals surface area (Å²) in [4.78, 5) is 30.0. The van der Waals surface area contributed by atoms with Crippen LogP contribution in [0.1, 0.15) is 102 Å². The normalized spacial score (nSPS) is 18.7. The highest BCUT2D eigenvalue weighted by Crippen LogP contribution is 2.34. The lowest BCUT2D eigenvalue weighted by Crippen LogP contribution is -2.52. The van der Waals surface area contributed by atoms with Gasteiger partial charge in [-0.3, -0.25) is 9.59 Å². The lowest BCUT2D eigenvalue weighted by atomic mass is 9.81. The summed E-state index contributed by atoms with van der Waals surface area (Å²) in [6.45, 7) is 16.7. The topological polar surface area (TPSA) is 69.6 Å². The maximum absolute atomic E-state index is 14.1. The van der Waals surface area contributed by atoms with E-state index >= 15 is 0 Å². The lowest BCUT2D eigenvalue weighted by Gasteiger charge is -2.42. The highest BCUT2D eigenvalue weighted by atomic mass is 35.5.